The van der Waals surface area contributed by atoms with Crippen LogP contribution in [0.3, 0.4) is 0 Å². The number of aromatic hydroxyl groups is 1. The van der Waals surface area contributed by atoms with Crippen LogP contribution in [0.2, 0.25) is 5.02 Å². The molecule has 212 valence electrons. The largest absolute Gasteiger partial charge is 0.508 e. The second kappa shape index (κ2) is 15.3. The molecule has 2 amide bonds. The van der Waals surface area contributed by atoms with E-state index in [1.165, 1.54) is 36.4 Å². The molecule has 0 aliphatic carbocycles. The molecule has 0 aromatic heterocycles. The average Bonchev–Trinajstić information content (AvgIpc) is 2.85. The van der Waals surface area contributed by atoms with Crippen LogP contribution < -0.4 is 15.4 Å². The lowest BCUT2D eigenvalue weighted by atomic mass is 10.0. The van der Waals surface area contributed by atoms with Crippen molar-refractivity contribution in [2.75, 3.05) is 12.4 Å². The Hall–Kier alpha value is -3.31. The van der Waals surface area contributed by atoms with Crippen LogP contribution in [0.25, 0.3) is 0 Å². The van der Waals surface area contributed by atoms with Gasteiger partial charge in [-0.1, -0.05) is 31.5 Å². The average molecular weight is 583 g/mol. The number of carboxylic acids is 1. The number of nitrogens with one attached hydrogen (secondary N) is 2. The van der Waals surface area contributed by atoms with Gasteiger partial charge in [0.2, 0.25) is 11.8 Å². The summed E-state index contributed by atoms with van der Waals surface area (Å²) in [6.45, 7) is 5.50. The fourth-order valence-corrected chi connectivity index (χ4v) is 4.95. The summed E-state index contributed by atoms with van der Waals surface area (Å²) in [6.07, 6.45) is -0.849. The summed E-state index contributed by atoms with van der Waals surface area (Å²) in [5, 5.41) is 24.4. The molecule has 0 saturated carbocycles. The first-order valence-corrected chi connectivity index (χ1v) is 13.8. The van der Waals surface area contributed by atoms with Gasteiger partial charge in [0.25, 0.3) is 0 Å². The Balaban J connectivity index is 2.07. The summed E-state index contributed by atoms with van der Waals surface area (Å²) < 4.78 is 19.5. The van der Waals surface area contributed by atoms with E-state index >= 15 is 0 Å². The monoisotopic (exact) mass is 582 g/mol. The van der Waals surface area contributed by atoms with Crippen molar-refractivity contribution in [2.24, 2.45) is 5.92 Å². The third-order valence-corrected chi connectivity index (χ3v) is 6.93. The van der Waals surface area contributed by atoms with E-state index in [0.717, 1.165) is 11.8 Å². The zero-order valence-corrected chi connectivity index (χ0v) is 23.4. The second-order valence-corrected chi connectivity index (χ2v) is 10.4. The number of halogens is 2. The van der Waals surface area contributed by atoms with Gasteiger partial charge in [0.05, 0.1) is 31.2 Å². The molecule has 2 aromatic rings. The van der Waals surface area contributed by atoms with Gasteiger partial charge in [0.1, 0.15) is 23.4 Å². The highest BCUT2D eigenvalue weighted by molar-refractivity contribution is 7.99. The first-order chi connectivity index (χ1) is 18.4. The van der Waals surface area contributed by atoms with Crippen LogP contribution in [-0.2, 0) is 31.4 Å². The number of amides is 2. The summed E-state index contributed by atoms with van der Waals surface area (Å²) in [5.74, 6) is -3.80. The van der Waals surface area contributed by atoms with E-state index in [-0.39, 0.29) is 34.3 Å². The number of rotatable bonds is 15. The Morgan fingerprint density at radius 3 is 2.46 bits per heavy atom. The highest BCUT2D eigenvalue weighted by atomic mass is 35.5. The highest BCUT2D eigenvalue weighted by Crippen LogP contribution is 2.25. The number of hydrogen-bond donors (Lipinski definition) is 4. The summed E-state index contributed by atoms with van der Waals surface area (Å²) in [7, 11) is 0. The van der Waals surface area contributed by atoms with Crippen molar-refractivity contribution < 1.29 is 38.5 Å². The number of benzene rings is 2. The summed E-state index contributed by atoms with van der Waals surface area (Å²) in [4.78, 5) is 50.1. The lowest BCUT2D eigenvalue weighted by Crippen LogP contribution is -2.54. The van der Waals surface area contributed by atoms with Crippen LogP contribution >= 0.6 is 23.4 Å². The van der Waals surface area contributed by atoms with Gasteiger partial charge in [-0.15, -0.1) is 11.8 Å². The first kappa shape index (κ1) is 31.9. The lowest BCUT2D eigenvalue weighted by molar-refractivity contribution is -0.140. The third-order valence-electron chi connectivity index (χ3n) is 5.60. The van der Waals surface area contributed by atoms with Crippen molar-refractivity contribution in [3.05, 3.63) is 58.4 Å². The number of ketones is 1. The topological polar surface area (TPSA) is 142 Å². The molecular weight excluding hydrogens is 551 g/mol. The van der Waals surface area contributed by atoms with Crippen LogP contribution in [0.4, 0.5) is 4.39 Å². The van der Waals surface area contributed by atoms with Crippen molar-refractivity contribution in [3.8, 4) is 11.5 Å². The van der Waals surface area contributed by atoms with Crippen molar-refractivity contribution >= 4 is 46.9 Å². The molecule has 0 bridgehead atoms. The highest BCUT2D eigenvalue weighted by Gasteiger charge is 2.30. The molecule has 2 aromatic carbocycles. The van der Waals surface area contributed by atoms with E-state index in [0.29, 0.717) is 17.9 Å². The second-order valence-electron chi connectivity index (χ2n) is 9.01. The molecule has 0 fully saturated rings. The normalized spacial score (nSPS) is 12.5. The third kappa shape index (κ3) is 10.1. The molecule has 39 heavy (non-hydrogen) atoms. The number of phenolic OH excluding ortho intramolecular Hbond substituents is 1. The fourth-order valence-electron chi connectivity index (χ4n) is 3.64. The Labute approximate surface area is 235 Å². The maximum absolute atomic E-state index is 14.0. The molecule has 0 spiro atoms. The van der Waals surface area contributed by atoms with Crippen LogP contribution in [0.1, 0.15) is 38.3 Å². The van der Waals surface area contributed by atoms with E-state index in [4.69, 9.17) is 16.3 Å². The molecule has 0 heterocycles. The van der Waals surface area contributed by atoms with Crippen molar-refractivity contribution in [1.82, 2.24) is 10.6 Å². The molecule has 0 saturated heterocycles. The number of carboxylic acid groups (broad SMARTS) is 1. The van der Waals surface area contributed by atoms with Crippen molar-refractivity contribution in [3.63, 3.8) is 0 Å². The van der Waals surface area contributed by atoms with E-state index in [1.54, 1.807) is 20.8 Å². The maximum atomic E-state index is 14.0. The van der Waals surface area contributed by atoms with Gasteiger partial charge < -0.3 is 25.6 Å². The SMILES string of the molecule is CCOc1ccc(O)cc1CC(=O)NC(C(=O)NC(CC(=O)O)C(=O)CSCc1c(F)cccc1Cl)C(C)C. The molecule has 2 unspecified atom stereocenters. The smallest absolute Gasteiger partial charge is 0.305 e. The van der Waals surface area contributed by atoms with Gasteiger partial charge in [-0.05, 0) is 43.2 Å². The maximum Gasteiger partial charge on any atom is 0.305 e. The van der Waals surface area contributed by atoms with E-state index in [1.807, 2.05) is 0 Å². The molecular formula is C27H32ClFN2O7S. The summed E-state index contributed by atoms with van der Waals surface area (Å²) in [6, 6.07) is 6.16. The molecule has 9 nitrogen and oxygen atoms in total. The standard InChI is InChI=1S/C27H32ClFN2O7S/c1-4-38-23-9-8-17(32)10-16(23)11-24(34)31-26(15(2)3)27(37)30-21(12-25(35)36)22(33)14-39-13-18-19(28)6-5-7-20(18)29/h5-10,15,21,26,32H,4,11-14H2,1-3H3,(H,30,37)(H,31,34)(H,35,36). The zero-order valence-electron chi connectivity index (χ0n) is 21.8. The number of ether oxygens (including phenoxy) is 1. The molecule has 0 aliphatic rings. The molecule has 2 rings (SSSR count). The quantitative estimate of drug-likeness (QED) is 0.249. The van der Waals surface area contributed by atoms with E-state index in [2.05, 4.69) is 10.6 Å². The number of Topliss-reactive ketones (excluding diaryl/α,β-unsaturated/α-hetero) is 1. The van der Waals surface area contributed by atoms with Crippen LogP contribution in [-0.4, -0.2) is 58.2 Å². The zero-order chi connectivity index (χ0) is 29.1. The Morgan fingerprint density at radius 1 is 1.13 bits per heavy atom. The number of aliphatic carboxylic acids is 1. The van der Waals surface area contributed by atoms with E-state index < -0.39 is 53.8 Å². The minimum atomic E-state index is -1.35. The first-order valence-electron chi connectivity index (χ1n) is 12.2. The number of hydrogen-bond acceptors (Lipinski definition) is 7. The Bertz CT molecular complexity index is 1170. The lowest BCUT2D eigenvalue weighted by Gasteiger charge is -2.25. The summed E-state index contributed by atoms with van der Waals surface area (Å²) >= 11 is 7.05. The number of carbonyl (C=O) groups excluding carboxylic acids is 3. The molecule has 0 radical (unpaired) electrons. The van der Waals surface area contributed by atoms with Crippen LogP contribution in [0, 0.1) is 11.7 Å². The van der Waals surface area contributed by atoms with Crippen LogP contribution in [0.5, 0.6) is 11.5 Å². The van der Waals surface area contributed by atoms with Crippen molar-refractivity contribution in [2.45, 2.75) is 51.4 Å². The number of thioether (sulfide) groups is 1. The van der Waals surface area contributed by atoms with Gasteiger partial charge in [-0.25, -0.2) is 4.39 Å². The van der Waals surface area contributed by atoms with E-state index in [9.17, 15) is 33.8 Å². The van der Waals surface area contributed by atoms with Crippen LogP contribution in [0.15, 0.2) is 36.4 Å². The van der Waals surface area contributed by atoms with Gasteiger partial charge in [0, 0.05) is 21.9 Å². The minimum absolute atomic E-state index is 0.0513. The van der Waals surface area contributed by atoms with Gasteiger partial charge >= 0.3 is 5.97 Å². The Kier molecular flexibility index (Phi) is 12.5. The van der Waals surface area contributed by atoms with Gasteiger partial charge in [-0.2, -0.15) is 0 Å². The summed E-state index contributed by atoms with van der Waals surface area (Å²) in [5.41, 5.74) is 0.640. The van der Waals surface area contributed by atoms with Crippen molar-refractivity contribution in [1.29, 1.82) is 0 Å². The molecule has 4 N–H and O–H groups in total. The Morgan fingerprint density at radius 2 is 1.85 bits per heavy atom. The molecule has 2 atom stereocenters. The molecule has 0 aliphatic heterocycles. The predicted molar refractivity (Wildman–Crippen MR) is 147 cm³/mol. The van der Waals surface area contributed by atoms with Gasteiger partial charge in [0.15, 0.2) is 5.78 Å². The number of phenols is 1. The fraction of sp³-hybridized carbons (Fsp3) is 0.407. The predicted octanol–water partition coefficient (Wildman–Crippen LogP) is 3.73. The minimum Gasteiger partial charge on any atom is -0.508 e. The van der Waals surface area contributed by atoms with Gasteiger partial charge in [-0.3, -0.25) is 19.2 Å². The number of carbonyl (C=O) groups is 4. The molecule has 12 heteroatoms.